The van der Waals surface area contributed by atoms with Gasteiger partial charge in [-0.05, 0) is 59.7 Å². The topological polar surface area (TPSA) is 59.1 Å². The number of nitrogens with zero attached hydrogens (tertiary/aromatic N) is 2. The standard InChI is InChI=1S/C28H27BrN2O4/c29-23-6-1-20(2-7-23)25-10-5-22(28(33)31-13-17-35-18-14-31)19-26(25)27(32)21-3-8-24(9-4-21)30-11-15-34-16-12-30/h1-10,19H,11-18H2. The fraction of sp³-hybridized carbons (Fsp3) is 0.286. The Labute approximate surface area is 213 Å². The van der Waals surface area contributed by atoms with Gasteiger partial charge in [0.15, 0.2) is 5.78 Å². The molecular formula is C28H27BrN2O4. The second-order valence-corrected chi connectivity index (χ2v) is 9.56. The van der Waals surface area contributed by atoms with Crippen LogP contribution in [0.4, 0.5) is 5.69 Å². The lowest BCUT2D eigenvalue weighted by molar-refractivity contribution is 0.0303. The van der Waals surface area contributed by atoms with Gasteiger partial charge < -0.3 is 19.3 Å². The highest BCUT2D eigenvalue weighted by molar-refractivity contribution is 9.10. The SMILES string of the molecule is O=C(c1ccc(N2CCOCC2)cc1)c1cc(C(=O)N2CCOCC2)ccc1-c1ccc(Br)cc1. The van der Waals surface area contributed by atoms with Gasteiger partial charge in [0.05, 0.1) is 26.4 Å². The highest BCUT2D eigenvalue weighted by Crippen LogP contribution is 2.29. The molecule has 2 saturated heterocycles. The molecule has 0 unspecified atom stereocenters. The molecule has 0 bridgehead atoms. The molecule has 0 spiro atoms. The fourth-order valence-corrected chi connectivity index (χ4v) is 4.76. The number of benzene rings is 3. The second-order valence-electron chi connectivity index (χ2n) is 8.65. The summed E-state index contributed by atoms with van der Waals surface area (Å²) in [5.41, 5.74) is 4.43. The molecule has 0 N–H and O–H groups in total. The summed E-state index contributed by atoms with van der Waals surface area (Å²) < 4.78 is 11.8. The van der Waals surface area contributed by atoms with Crippen molar-refractivity contribution < 1.29 is 19.1 Å². The van der Waals surface area contributed by atoms with Crippen LogP contribution in [0.3, 0.4) is 0 Å². The Kier molecular flexibility index (Phi) is 7.27. The molecule has 2 heterocycles. The Morgan fingerprint density at radius 2 is 1.31 bits per heavy atom. The summed E-state index contributed by atoms with van der Waals surface area (Å²) in [7, 11) is 0. The van der Waals surface area contributed by atoms with Crippen molar-refractivity contribution in [1.29, 1.82) is 0 Å². The zero-order valence-electron chi connectivity index (χ0n) is 19.4. The molecule has 180 valence electrons. The number of anilines is 1. The molecule has 7 heteroatoms. The van der Waals surface area contributed by atoms with E-state index in [2.05, 4.69) is 20.8 Å². The highest BCUT2D eigenvalue weighted by Gasteiger charge is 2.22. The summed E-state index contributed by atoms with van der Waals surface area (Å²) in [6.45, 7) is 5.27. The predicted molar refractivity (Wildman–Crippen MR) is 139 cm³/mol. The van der Waals surface area contributed by atoms with E-state index in [1.165, 1.54) is 0 Å². The second kappa shape index (κ2) is 10.7. The maximum atomic E-state index is 13.8. The van der Waals surface area contributed by atoms with Crippen LogP contribution in [0.25, 0.3) is 11.1 Å². The predicted octanol–water partition coefficient (Wildman–Crippen LogP) is 4.66. The molecule has 5 rings (SSSR count). The number of rotatable bonds is 5. The molecule has 6 nitrogen and oxygen atoms in total. The van der Waals surface area contributed by atoms with Crippen LogP contribution in [0.5, 0.6) is 0 Å². The van der Waals surface area contributed by atoms with Crippen molar-refractivity contribution in [3.8, 4) is 11.1 Å². The molecule has 2 aliphatic rings. The first-order chi connectivity index (χ1) is 17.1. The van der Waals surface area contributed by atoms with Crippen molar-refractivity contribution in [3.05, 3.63) is 87.9 Å². The third kappa shape index (κ3) is 5.32. The van der Waals surface area contributed by atoms with Crippen molar-refractivity contribution in [1.82, 2.24) is 4.90 Å². The van der Waals surface area contributed by atoms with Gasteiger partial charge in [-0.1, -0.05) is 34.1 Å². The van der Waals surface area contributed by atoms with E-state index in [1.807, 2.05) is 60.7 Å². The lowest BCUT2D eigenvalue weighted by Crippen LogP contribution is -2.40. The van der Waals surface area contributed by atoms with E-state index in [9.17, 15) is 9.59 Å². The number of hydrogen-bond acceptors (Lipinski definition) is 5. The van der Waals surface area contributed by atoms with Crippen molar-refractivity contribution in [2.45, 2.75) is 0 Å². The van der Waals surface area contributed by atoms with Gasteiger partial charge >= 0.3 is 0 Å². The molecule has 3 aromatic carbocycles. The molecule has 0 aliphatic carbocycles. The number of amides is 1. The Bertz CT molecular complexity index is 1200. The average Bonchev–Trinajstić information content (AvgIpc) is 2.93. The normalized spacial score (nSPS) is 16.3. The van der Waals surface area contributed by atoms with E-state index in [4.69, 9.17) is 9.47 Å². The molecule has 2 fully saturated rings. The Morgan fingerprint density at radius 1 is 0.714 bits per heavy atom. The third-order valence-electron chi connectivity index (χ3n) is 6.47. The fourth-order valence-electron chi connectivity index (χ4n) is 4.50. The number of carbonyl (C=O) groups excluding carboxylic acids is 2. The van der Waals surface area contributed by atoms with E-state index in [1.54, 1.807) is 11.0 Å². The minimum absolute atomic E-state index is 0.0765. The summed E-state index contributed by atoms with van der Waals surface area (Å²) in [6.07, 6.45) is 0. The smallest absolute Gasteiger partial charge is 0.254 e. The number of morpholine rings is 2. The van der Waals surface area contributed by atoms with Crippen LogP contribution < -0.4 is 4.90 Å². The molecule has 0 radical (unpaired) electrons. The van der Waals surface area contributed by atoms with Gasteiger partial charge in [-0.25, -0.2) is 0 Å². The zero-order chi connectivity index (χ0) is 24.2. The van der Waals surface area contributed by atoms with Crippen molar-refractivity contribution in [3.63, 3.8) is 0 Å². The number of halogens is 1. The van der Waals surface area contributed by atoms with Gasteiger partial charge in [0.1, 0.15) is 0 Å². The first kappa shape index (κ1) is 23.7. The van der Waals surface area contributed by atoms with Crippen LogP contribution in [0.1, 0.15) is 26.3 Å². The van der Waals surface area contributed by atoms with Crippen LogP contribution >= 0.6 is 15.9 Å². The van der Waals surface area contributed by atoms with Crippen LogP contribution in [0, 0.1) is 0 Å². The average molecular weight is 535 g/mol. The molecule has 3 aromatic rings. The quantitative estimate of drug-likeness (QED) is 0.445. The summed E-state index contributed by atoms with van der Waals surface area (Å²) in [4.78, 5) is 31.0. The Morgan fingerprint density at radius 3 is 1.97 bits per heavy atom. The van der Waals surface area contributed by atoms with Crippen LogP contribution in [0.2, 0.25) is 0 Å². The van der Waals surface area contributed by atoms with Gasteiger partial charge in [0, 0.05) is 53.0 Å². The van der Waals surface area contributed by atoms with E-state index in [-0.39, 0.29) is 11.7 Å². The molecule has 1 amide bonds. The van der Waals surface area contributed by atoms with E-state index >= 15 is 0 Å². The van der Waals surface area contributed by atoms with Gasteiger partial charge in [-0.15, -0.1) is 0 Å². The summed E-state index contributed by atoms with van der Waals surface area (Å²) in [5.74, 6) is -0.180. The summed E-state index contributed by atoms with van der Waals surface area (Å²) >= 11 is 3.48. The summed E-state index contributed by atoms with van der Waals surface area (Å²) in [6, 6.07) is 21.0. The van der Waals surface area contributed by atoms with Crippen molar-refractivity contribution in [2.75, 3.05) is 57.5 Å². The Balaban J connectivity index is 1.49. The number of ether oxygens (including phenoxy) is 2. The molecule has 0 saturated carbocycles. The molecular weight excluding hydrogens is 508 g/mol. The maximum absolute atomic E-state index is 13.8. The minimum Gasteiger partial charge on any atom is -0.378 e. The number of carbonyl (C=O) groups is 2. The highest BCUT2D eigenvalue weighted by atomic mass is 79.9. The van der Waals surface area contributed by atoms with Crippen LogP contribution in [-0.2, 0) is 9.47 Å². The lowest BCUT2D eigenvalue weighted by atomic mass is 9.92. The van der Waals surface area contributed by atoms with Gasteiger partial charge in [0.2, 0.25) is 0 Å². The van der Waals surface area contributed by atoms with Crippen LogP contribution in [0.15, 0.2) is 71.2 Å². The number of ketones is 1. The van der Waals surface area contributed by atoms with E-state index in [0.29, 0.717) is 56.2 Å². The third-order valence-corrected chi connectivity index (χ3v) is 7.00. The first-order valence-electron chi connectivity index (χ1n) is 11.8. The minimum atomic E-state index is -0.104. The molecule has 35 heavy (non-hydrogen) atoms. The summed E-state index contributed by atoms with van der Waals surface area (Å²) in [5, 5.41) is 0. The lowest BCUT2D eigenvalue weighted by Gasteiger charge is -2.28. The first-order valence-corrected chi connectivity index (χ1v) is 12.6. The largest absolute Gasteiger partial charge is 0.378 e. The van der Waals surface area contributed by atoms with Crippen LogP contribution in [-0.4, -0.2) is 69.2 Å². The molecule has 2 aliphatic heterocycles. The van der Waals surface area contributed by atoms with E-state index in [0.717, 1.165) is 34.4 Å². The monoisotopic (exact) mass is 534 g/mol. The van der Waals surface area contributed by atoms with Gasteiger partial charge in [0.25, 0.3) is 5.91 Å². The maximum Gasteiger partial charge on any atom is 0.254 e. The molecule has 0 atom stereocenters. The number of hydrogen-bond donors (Lipinski definition) is 0. The Hall–Kier alpha value is -3.00. The zero-order valence-corrected chi connectivity index (χ0v) is 21.0. The van der Waals surface area contributed by atoms with Gasteiger partial charge in [-0.2, -0.15) is 0 Å². The molecule has 0 aromatic heterocycles. The van der Waals surface area contributed by atoms with Crippen molar-refractivity contribution >= 4 is 33.3 Å². The van der Waals surface area contributed by atoms with E-state index < -0.39 is 0 Å². The van der Waals surface area contributed by atoms with Crippen molar-refractivity contribution in [2.24, 2.45) is 0 Å². The van der Waals surface area contributed by atoms with Gasteiger partial charge in [-0.3, -0.25) is 9.59 Å².